The van der Waals surface area contributed by atoms with Gasteiger partial charge >= 0.3 is 5.97 Å². The second-order valence-corrected chi connectivity index (χ2v) is 5.31. The molecule has 1 aliphatic rings. The van der Waals surface area contributed by atoms with Gasteiger partial charge in [0.2, 0.25) is 5.43 Å². The number of rotatable bonds is 4. The van der Waals surface area contributed by atoms with Crippen molar-refractivity contribution in [2.45, 2.75) is 32.2 Å². The molecule has 0 atom stereocenters. The molecule has 0 amide bonds. The van der Waals surface area contributed by atoms with Gasteiger partial charge in [0.05, 0.1) is 18.0 Å². The number of nitrogens with zero attached hydrogens (tertiary/aromatic N) is 2. The highest BCUT2D eigenvalue weighted by molar-refractivity contribution is 5.97. The molecule has 1 aromatic carbocycles. The van der Waals surface area contributed by atoms with Crippen molar-refractivity contribution in [3.63, 3.8) is 0 Å². The van der Waals surface area contributed by atoms with Gasteiger partial charge in [0.1, 0.15) is 5.69 Å². The van der Waals surface area contributed by atoms with E-state index < -0.39 is 12.4 Å². The molecule has 0 unspecified atom stereocenters. The van der Waals surface area contributed by atoms with Gasteiger partial charge in [-0.05, 0) is 31.9 Å². The Morgan fingerprint density at radius 2 is 2.10 bits per heavy atom. The van der Waals surface area contributed by atoms with Crippen molar-refractivity contribution in [3.8, 4) is 0 Å². The lowest BCUT2D eigenvalue weighted by Gasteiger charge is -2.11. The van der Waals surface area contributed by atoms with Crippen LogP contribution in [0, 0.1) is 0 Å². The minimum atomic E-state index is -1.08. The van der Waals surface area contributed by atoms with E-state index in [-0.39, 0.29) is 22.9 Å². The summed E-state index contributed by atoms with van der Waals surface area (Å²) in [5.41, 5.74) is 0.783. The number of fused-ring (bicyclic) bond motifs is 1. The number of ketones is 1. The summed E-state index contributed by atoms with van der Waals surface area (Å²) < 4.78 is 1.70. The number of aromatic nitrogens is 2. The van der Waals surface area contributed by atoms with E-state index in [4.69, 9.17) is 5.11 Å². The summed E-state index contributed by atoms with van der Waals surface area (Å²) in [4.78, 5) is 34.7. The zero-order valence-electron chi connectivity index (χ0n) is 11.5. The molecule has 1 aromatic heterocycles. The average molecular weight is 286 g/mol. The number of benzene rings is 1. The van der Waals surface area contributed by atoms with Gasteiger partial charge in [0.25, 0.3) is 0 Å². The molecule has 108 valence electrons. The van der Waals surface area contributed by atoms with Gasteiger partial charge < -0.3 is 5.11 Å². The van der Waals surface area contributed by atoms with Crippen LogP contribution in [0.3, 0.4) is 0 Å². The Bertz CT molecular complexity index is 818. The molecule has 2 aromatic rings. The first kappa shape index (κ1) is 13.5. The van der Waals surface area contributed by atoms with E-state index in [1.807, 2.05) is 0 Å². The minimum Gasteiger partial charge on any atom is -0.481 e. The van der Waals surface area contributed by atoms with Crippen LogP contribution < -0.4 is 5.43 Å². The van der Waals surface area contributed by atoms with Crippen molar-refractivity contribution in [1.82, 2.24) is 9.78 Å². The summed E-state index contributed by atoms with van der Waals surface area (Å²) in [6.45, 7) is 1.47. The predicted octanol–water partition coefficient (Wildman–Crippen LogP) is 1.56. The molecular formula is C15H14N2O4. The van der Waals surface area contributed by atoms with E-state index in [1.165, 1.54) is 6.92 Å². The van der Waals surface area contributed by atoms with Crippen LogP contribution in [0.25, 0.3) is 10.9 Å². The van der Waals surface area contributed by atoms with Gasteiger partial charge in [0.15, 0.2) is 5.78 Å². The molecule has 1 heterocycles. The maximum absolute atomic E-state index is 12.3. The Morgan fingerprint density at radius 1 is 1.38 bits per heavy atom. The SMILES string of the molecule is CC(=O)c1ccc2c(=O)c(CC(=O)O)nn(C3CC3)c2c1. The molecule has 0 aliphatic heterocycles. The number of carboxylic acids is 1. The van der Waals surface area contributed by atoms with Crippen molar-refractivity contribution in [2.75, 3.05) is 0 Å². The molecule has 0 saturated heterocycles. The van der Waals surface area contributed by atoms with Crippen molar-refractivity contribution in [2.24, 2.45) is 0 Å². The predicted molar refractivity (Wildman–Crippen MR) is 75.6 cm³/mol. The van der Waals surface area contributed by atoms with Crippen LogP contribution in [0.4, 0.5) is 0 Å². The smallest absolute Gasteiger partial charge is 0.309 e. The first-order chi connectivity index (χ1) is 9.97. The van der Waals surface area contributed by atoms with E-state index in [1.54, 1.807) is 22.9 Å². The fraction of sp³-hybridized carbons (Fsp3) is 0.333. The minimum absolute atomic E-state index is 0.0393. The fourth-order valence-electron chi connectivity index (χ4n) is 2.37. The molecular weight excluding hydrogens is 272 g/mol. The van der Waals surface area contributed by atoms with Crippen molar-refractivity contribution in [3.05, 3.63) is 39.7 Å². The first-order valence-electron chi connectivity index (χ1n) is 6.75. The number of carbonyl (C=O) groups is 2. The fourth-order valence-corrected chi connectivity index (χ4v) is 2.37. The molecule has 0 spiro atoms. The average Bonchev–Trinajstić information content (AvgIpc) is 3.25. The molecule has 1 fully saturated rings. The van der Waals surface area contributed by atoms with Crippen LogP contribution in [0.15, 0.2) is 23.0 Å². The van der Waals surface area contributed by atoms with Crippen molar-refractivity contribution >= 4 is 22.7 Å². The summed E-state index contributed by atoms with van der Waals surface area (Å²) >= 11 is 0. The van der Waals surface area contributed by atoms with Crippen LogP contribution in [0.5, 0.6) is 0 Å². The third-order valence-corrected chi connectivity index (χ3v) is 3.60. The lowest BCUT2D eigenvalue weighted by atomic mass is 10.1. The first-order valence-corrected chi connectivity index (χ1v) is 6.75. The zero-order chi connectivity index (χ0) is 15.1. The number of Topliss-reactive ketones (excluding diaryl/α,β-unsaturated/α-hetero) is 1. The van der Waals surface area contributed by atoms with Crippen LogP contribution >= 0.6 is 0 Å². The van der Waals surface area contributed by atoms with Crippen molar-refractivity contribution < 1.29 is 14.7 Å². The second kappa shape index (κ2) is 4.80. The quantitative estimate of drug-likeness (QED) is 0.861. The largest absolute Gasteiger partial charge is 0.481 e. The molecule has 1 N–H and O–H groups in total. The molecule has 6 nitrogen and oxygen atoms in total. The van der Waals surface area contributed by atoms with Gasteiger partial charge in [0, 0.05) is 10.9 Å². The molecule has 0 radical (unpaired) electrons. The standard InChI is InChI=1S/C15H14N2O4/c1-8(18)9-2-5-11-13(6-9)17(10-3-4-10)16-12(15(11)21)7-14(19)20/h2,5-6,10H,3-4,7H2,1H3,(H,19,20). The summed E-state index contributed by atoms with van der Waals surface area (Å²) in [5.74, 6) is -1.16. The summed E-state index contributed by atoms with van der Waals surface area (Å²) in [7, 11) is 0. The van der Waals surface area contributed by atoms with Gasteiger partial charge in [-0.1, -0.05) is 6.07 Å². The van der Waals surface area contributed by atoms with Crippen LogP contribution in [0.1, 0.15) is 41.9 Å². The summed E-state index contributed by atoms with van der Waals surface area (Å²) in [6.07, 6.45) is 1.50. The molecule has 1 saturated carbocycles. The van der Waals surface area contributed by atoms with Crippen LogP contribution in [0.2, 0.25) is 0 Å². The Kier molecular flexibility index (Phi) is 3.08. The number of aliphatic carboxylic acids is 1. The molecule has 1 aliphatic carbocycles. The monoisotopic (exact) mass is 286 g/mol. The van der Waals surface area contributed by atoms with Crippen LogP contribution in [-0.4, -0.2) is 26.6 Å². The Labute approximate surface area is 120 Å². The zero-order valence-corrected chi connectivity index (χ0v) is 11.5. The van der Waals surface area contributed by atoms with Gasteiger partial charge in [-0.15, -0.1) is 0 Å². The van der Waals surface area contributed by atoms with E-state index in [9.17, 15) is 14.4 Å². The third kappa shape index (κ3) is 2.44. The second-order valence-electron chi connectivity index (χ2n) is 5.31. The molecule has 21 heavy (non-hydrogen) atoms. The number of hydrogen-bond acceptors (Lipinski definition) is 4. The lowest BCUT2D eigenvalue weighted by Crippen LogP contribution is -2.21. The van der Waals surface area contributed by atoms with Gasteiger partial charge in [-0.25, -0.2) is 0 Å². The van der Waals surface area contributed by atoms with Gasteiger partial charge in [-0.2, -0.15) is 5.10 Å². The number of hydrogen-bond donors (Lipinski definition) is 1. The summed E-state index contributed by atoms with van der Waals surface area (Å²) in [6, 6.07) is 5.02. The van der Waals surface area contributed by atoms with Crippen molar-refractivity contribution in [1.29, 1.82) is 0 Å². The van der Waals surface area contributed by atoms with Gasteiger partial charge in [-0.3, -0.25) is 19.1 Å². The Hall–Kier alpha value is -2.50. The van der Waals surface area contributed by atoms with E-state index in [2.05, 4.69) is 5.10 Å². The molecule has 6 heteroatoms. The maximum atomic E-state index is 12.3. The number of carbonyl (C=O) groups excluding carboxylic acids is 1. The van der Waals surface area contributed by atoms with Crippen LogP contribution in [-0.2, 0) is 11.2 Å². The normalized spacial score (nSPS) is 14.3. The highest BCUT2D eigenvalue weighted by Crippen LogP contribution is 2.36. The Morgan fingerprint density at radius 3 is 2.67 bits per heavy atom. The highest BCUT2D eigenvalue weighted by Gasteiger charge is 2.27. The lowest BCUT2D eigenvalue weighted by molar-refractivity contribution is -0.136. The van der Waals surface area contributed by atoms with E-state index in [0.717, 1.165) is 12.8 Å². The van der Waals surface area contributed by atoms with E-state index >= 15 is 0 Å². The van der Waals surface area contributed by atoms with E-state index in [0.29, 0.717) is 16.5 Å². The summed E-state index contributed by atoms with van der Waals surface area (Å²) in [5, 5.41) is 13.5. The maximum Gasteiger partial charge on any atom is 0.309 e. The topological polar surface area (TPSA) is 89.3 Å². The molecule has 3 rings (SSSR count). The third-order valence-electron chi connectivity index (χ3n) is 3.60. The molecule has 0 bridgehead atoms. The number of carboxylic acid groups (broad SMARTS) is 1. The highest BCUT2D eigenvalue weighted by atomic mass is 16.4. The Balaban J connectivity index is 2.29.